The molecule has 0 radical (unpaired) electrons. The first-order chi connectivity index (χ1) is 12.6. The molecule has 0 heterocycles. The van der Waals surface area contributed by atoms with E-state index in [4.69, 9.17) is 0 Å². The Morgan fingerprint density at radius 2 is 1.08 bits per heavy atom. The molecule has 0 spiro atoms. The van der Waals surface area contributed by atoms with E-state index >= 15 is 0 Å². The molecule has 0 amide bonds. The van der Waals surface area contributed by atoms with Gasteiger partial charge >= 0.3 is 166 Å². The van der Waals surface area contributed by atoms with Crippen LogP contribution in [0.3, 0.4) is 0 Å². The average Bonchev–Trinajstić information content (AvgIpc) is 2.73. The number of allylic oxidation sites excluding steroid dienone is 2. The first-order valence-corrected chi connectivity index (χ1v) is 13.5. The Kier molecular flexibility index (Phi) is 5.80. The molecule has 0 saturated heterocycles. The molecule has 134 valence electrons. The SMILES string of the molecule is CC/C=C/C(C)P(Br)(c1ccccc1)(c1ccccc1)c1ccccc1. The predicted molar refractivity (Wildman–Crippen MR) is 123 cm³/mol. The van der Waals surface area contributed by atoms with Crippen molar-refractivity contribution in [2.45, 2.75) is 25.9 Å². The van der Waals surface area contributed by atoms with Gasteiger partial charge in [-0.2, -0.15) is 0 Å². The summed E-state index contributed by atoms with van der Waals surface area (Å²) in [6, 6.07) is 32.9. The number of hydrogen-bond acceptors (Lipinski definition) is 0. The van der Waals surface area contributed by atoms with Gasteiger partial charge in [0.25, 0.3) is 0 Å². The van der Waals surface area contributed by atoms with Crippen molar-refractivity contribution in [1.29, 1.82) is 0 Å². The molecule has 0 saturated carbocycles. The third kappa shape index (κ3) is 2.98. The van der Waals surface area contributed by atoms with E-state index < -0.39 is 5.31 Å². The molecule has 1 unspecified atom stereocenters. The van der Waals surface area contributed by atoms with Crippen molar-refractivity contribution in [3.63, 3.8) is 0 Å². The minimum absolute atomic E-state index is 0.327. The van der Waals surface area contributed by atoms with Crippen LogP contribution in [0, 0.1) is 0 Å². The van der Waals surface area contributed by atoms with Crippen molar-refractivity contribution in [1.82, 2.24) is 0 Å². The third-order valence-electron chi connectivity index (χ3n) is 5.20. The second-order valence-corrected chi connectivity index (χ2v) is 15.6. The Morgan fingerprint density at radius 3 is 1.38 bits per heavy atom. The predicted octanol–water partition coefficient (Wildman–Crippen LogP) is 6.18. The molecule has 0 aliphatic heterocycles. The summed E-state index contributed by atoms with van der Waals surface area (Å²) in [6.45, 7) is 4.55. The Hall–Kier alpha value is -1.69. The molecule has 0 N–H and O–H groups in total. The molecular formula is C24H26BrP. The molecule has 0 aliphatic carbocycles. The van der Waals surface area contributed by atoms with E-state index in [2.05, 4.69) is 132 Å². The zero-order valence-electron chi connectivity index (χ0n) is 15.4. The molecule has 3 aromatic carbocycles. The van der Waals surface area contributed by atoms with Gasteiger partial charge in [-0.25, -0.2) is 0 Å². The van der Waals surface area contributed by atoms with Crippen LogP contribution < -0.4 is 15.9 Å². The van der Waals surface area contributed by atoms with E-state index in [0.29, 0.717) is 5.66 Å². The third-order valence-corrected chi connectivity index (χ3v) is 16.4. The molecule has 3 rings (SSSR count). The van der Waals surface area contributed by atoms with Crippen molar-refractivity contribution < 1.29 is 0 Å². The number of hydrogen-bond donors (Lipinski definition) is 0. The van der Waals surface area contributed by atoms with E-state index in [0.717, 1.165) is 6.42 Å². The number of rotatable bonds is 6. The quantitative estimate of drug-likeness (QED) is 0.327. The molecule has 0 aromatic heterocycles. The van der Waals surface area contributed by atoms with Gasteiger partial charge in [0, 0.05) is 0 Å². The van der Waals surface area contributed by atoms with Crippen LogP contribution in [0.15, 0.2) is 103 Å². The van der Waals surface area contributed by atoms with Gasteiger partial charge in [-0.15, -0.1) is 0 Å². The maximum absolute atomic E-state index is 4.49. The minimum atomic E-state index is -2.85. The summed E-state index contributed by atoms with van der Waals surface area (Å²) < 4.78 is 0. The first kappa shape index (κ1) is 19.1. The summed E-state index contributed by atoms with van der Waals surface area (Å²) in [5.41, 5.74) is 0.327. The Bertz CT molecular complexity index is 757. The summed E-state index contributed by atoms with van der Waals surface area (Å²) in [4.78, 5) is 0. The van der Waals surface area contributed by atoms with Crippen molar-refractivity contribution in [3.05, 3.63) is 103 Å². The van der Waals surface area contributed by atoms with Crippen LogP contribution >= 0.6 is 20.8 Å². The number of halogens is 1. The normalized spacial score (nSPS) is 14.7. The second kappa shape index (κ2) is 7.91. The Morgan fingerprint density at radius 1 is 0.731 bits per heavy atom. The van der Waals surface area contributed by atoms with Crippen LogP contribution in [-0.4, -0.2) is 5.66 Å². The van der Waals surface area contributed by atoms with Crippen molar-refractivity contribution in [2.24, 2.45) is 0 Å². The van der Waals surface area contributed by atoms with Crippen LogP contribution in [0.5, 0.6) is 0 Å². The summed E-state index contributed by atoms with van der Waals surface area (Å²) in [5.74, 6) is 0. The Balaban J connectivity index is 2.45. The fourth-order valence-corrected chi connectivity index (χ4v) is 11.4. The Labute approximate surface area is 165 Å². The van der Waals surface area contributed by atoms with E-state index in [1.54, 1.807) is 0 Å². The van der Waals surface area contributed by atoms with Crippen molar-refractivity contribution >= 4 is 36.7 Å². The van der Waals surface area contributed by atoms with Gasteiger partial charge in [-0.05, 0) is 0 Å². The molecule has 26 heavy (non-hydrogen) atoms. The van der Waals surface area contributed by atoms with Gasteiger partial charge in [0.15, 0.2) is 0 Å². The van der Waals surface area contributed by atoms with Gasteiger partial charge < -0.3 is 0 Å². The van der Waals surface area contributed by atoms with Gasteiger partial charge in [-0.3, -0.25) is 0 Å². The first-order valence-electron chi connectivity index (χ1n) is 9.19. The number of benzene rings is 3. The van der Waals surface area contributed by atoms with E-state index in [-0.39, 0.29) is 0 Å². The van der Waals surface area contributed by atoms with Crippen LogP contribution in [0.2, 0.25) is 0 Å². The molecule has 0 nitrogen and oxygen atoms in total. The molecule has 0 aliphatic rings. The van der Waals surface area contributed by atoms with Gasteiger partial charge in [-0.1, -0.05) is 0 Å². The fraction of sp³-hybridized carbons (Fsp3) is 0.167. The van der Waals surface area contributed by atoms with Crippen molar-refractivity contribution in [2.75, 3.05) is 0 Å². The van der Waals surface area contributed by atoms with E-state index in [1.807, 2.05) is 0 Å². The molecule has 1 atom stereocenters. The maximum atomic E-state index is 4.49. The van der Waals surface area contributed by atoms with Crippen LogP contribution in [0.1, 0.15) is 20.3 Å². The van der Waals surface area contributed by atoms with Crippen LogP contribution in [0.25, 0.3) is 0 Å². The van der Waals surface area contributed by atoms with Crippen molar-refractivity contribution in [3.8, 4) is 0 Å². The molecule has 0 bridgehead atoms. The molecular weight excluding hydrogens is 399 g/mol. The van der Waals surface area contributed by atoms with Crippen LogP contribution in [0.4, 0.5) is 0 Å². The summed E-state index contributed by atoms with van der Waals surface area (Å²) >= 11 is 4.49. The van der Waals surface area contributed by atoms with Gasteiger partial charge in [0.05, 0.1) is 0 Å². The zero-order chi connectivity index (χ0) is 18.5. The second-order valence-electron chi connectivity index (χ2n) is 6.66. The summed E-state index contributed by atoms with van der Waals surface area (Å²) in [5, 5.41) is 1.24. The standard InChI is InChI=1S/C24H26BrP/c1-3-4-14-21(2)26(25,22-15-8-5-9-16-22,23-17-10-6-11-18-23)24-19-12-7-13-20-24/h4-21H,3H2,1-2H3/b14-4+. The summed E-state index contributed by atoms with van der Waals surface area (Å²) in [6.07, 6.45) is 5.73. The topological polar surface area (TPSA) is 0 Å². The van der Waals surface area contributed by atoms with E-state index in [9.17, 15) is 0 Å². The fourth-order valence-electron chi connectivity index (χ4n) is 3.81. The molecule has 0 fully saturated rings. The summed E-state index contributed by atoms with van der Waals surface area (Å²) in [7, 11) is 0. The van der Waals surface area contributed by atoms with Gasteiger partial charge in [0.2, 0.25) is 0 Å². The zero-order valence-corrected chi connectivity index (χ0v) is 17.9. The van der Waals surface area contributed by atoms with Gasteiger partial charge in [0.1, 0.15) is 0 Å². The monoisotopic (exact) mass is 424 g/mol. The molecule has 2 heteroatoms. The van der Waals surface area contributed by atoms with E-state index in [1.165, 1.54) is 15.9 Å². The average molecular weight is 425 g/mol. The van der Waals surface area contributed by atoms with Crippen LogP contribution in [-0.2, 0) is 0 Å². The molecule has 3 aromatic rings.